The van der Waals surface area contributed by atoms with Gasteiger partial charge in [0.25, 0.3) is 0 Å². The lowest BCUT2D eigenvalue weighted by Gasteiger charge is -2.01. The molecule has 0 bridgehead atoms. The summed E-state index contributed by atoms with van der Waals surface area (Å²) in [6.07, 6.45) is 0. The van der Waals surface area contributed by atoms with Gasteiger partial charge >= 0.3 is 0 Å². The SMILES string of the molecule is CC.NC(=O)c1cc(=O)[nH]c2ccccc12. The molecule has 0 spiro atoms. The molecule has 2 aromatic rings. The molecule has 84 valence electrons. The molecule has 0 aliphatic carbocycles. The van der Waals surface area contributed by atoms with Gasteiger partial charge in [0.05, 0.1) is 5.56 Å². The molecule has 16 heavy (non-hydrogen) atoms. The first kappa shape index (κ1) is 12.0. The van der Waals surface area contributed by atoms with E-state index in [1.165, 1.54) is 6.07 Å². The van der Waals surface area contributed by atoms with Gasteiger partial charge < -0.3 is 10.7 Å². The zero-order chi connectivity index (χ0) is 12.1. The summed E-state index contributed by atoms with van der Waals surface area (Å²) in [6, 6.07) is 8.25. The summed E-state index contributed by atoms with van der Waals surface area (Å²) in [5.74, 6) is -0.590. The van der Waals surface area contributed by atoms with Gasteiger partial charge in [-0.2, -0.15) is 0 Å². The number of pyridine rings is 1. The highest BCUT2D eigenvalue weighted by Gasteiger charge is 2.06. The minimum absolute atomic E-state index is 0.254. The molecule has 4 nitrogen and oxygen atoms in total. The van der Waals surface area contributed by atoms with E-state index in [1.54, 1.807) is 24.3 Å². The Balaban J connectivity index is 0.000000606. The highest BCUT2D eigenvalue weighted by Crippen LogP contribution is 2.13. The van der Waals surface area contributed by atoms with E-state index in [4.69, 9.17) is 5.73 Å². The number of para-hydroxylation sites is 1. The molecule has 1 heterocycles. The number of fused-ring (bicyclic) bond motifs is 1. The molecule has 3 N–H and O–H groups in total. The first-order chi connectivity index (χ1) is 7.68. The standard InChI is InChI=1S/C10H8N2O2.C2H6/c11-10(14)7-5-9(13)12-8-4-2-1-3-6(7)8;1-2/h1-5H,(H2,11,14)(H,12,13);1-2H3. The lowest BCUT2D eigenvalue weighted by atomic mass is 10.1. The third-order valence-electron chi connectivity index (χ3n) is 2.02. The van der Waals surface area contributed by atoms with Crippen molar-refractivity contribution in [2.75, 3.05) is 0 Å². The number of hydrogen-bond acceptors (Lipinski definition) is 2. The van der Waals surface area contributed by atoms with Crippen molar-refractivity contribution in [1.29, 1.82) is 0 Å². The van der Waals surface area contributed by atoms with Crippen molar-refractivity contribution in [3.8, 4) is 0 Å². The van der Waals surface area contributed by atoms with E-state index in [1.807, 2.05) is 13.8 Å². The van der Waals surface area contributed by atoms with Crippen LogP contribution in [0.3, 0.4) is 0 Å². The Morgan fingerprint density at radius 2 is 1.88 bits per heavy atom. The smallest absolute Gasteiger partial charge is 0.249 e. The number of nitrogens with two attached hydrogens (primary N) is 1. The zero-order valence-corrected chi connectivity index (χ0v) is 9.28. The highest BCUT2D eigenvalue weighted by molar-refractivity contribution is 6.05. The Bertz CT molecular complexity index is 558. The molecule has 1 amide bonds. The summed E-state index contributed by atoms with van der Waals surface area (Å²) in [5.41, 5.74) is 5.71. The molecule has 0 aliphatic rings. The topological polar surface area (TPSA) is 76.0 Å². The summed E-state index contributed by atoms with van der Waals surface area (Å²) >= 11 is 0. The molecule has 4 heteroatoms. The largest absolute Gasteiger partial charge is 0.366 e. The average molecular weight is 218 g/mol. The molecule has 0 unspecified atom stereocenters. The van der Waals surface area contributed by atoms with Gasteiger partial charge in [-0.15, -0.1) is 0 Å². The van der Waals surface area contributed by atoms with Crippen LogP contribution in [0, 0.1) is 0 Å². The molecule has 1 aromatic carbocycles. The Kier molecular flexibility index (Phi) is 3.83. The summed E-state index contributed by atoms with van der Waals surface area (Å²) < 4.78 is 0. The predicted octanol–water partition coefficient (Wildman–Crippen LogP) is 1.65. The fraction of sp³-hybridized carbons (Fsp3) is 0.167. The van der Waals surface area contributed by atoms with Crippen molar-refractivity contribution < 1.29 is 4.79 Å². The second-order valence-electron chi connectivity index (χ2n) is 2.96. The summed E-state index contributed by atoms with van der Waals surface area (Å²) in [5, 5.41) is 0.666. The van der Waals surface area contributed by atoms with Crippen molar-refractivity contribution in [2.45, 2.75) is 13.8 Å². The number of carbonyl (C=O) groups is 1. The van der Waals surface area contributed by atoms with E-state index in [-0.39, 0.29) is 11.1 Å². The number of H-pyrrole nitrogens is 1. The third kappa shape index (κ3) is 2.28. The van der Waals surface area contributed by atoms with Crippen molar-refractivity contribution in [2.24, 2.45) is 5.73 Å². The highest BCUT2D eigenvalue weighted by atomic mass is 16.1. The first-order valence-electron chi connectivity index (χ1n) is 5.10. The van der Waals surface area contributed by atoms with Crippen LogP contribution in [0.5, 0.6) is 0 Å². The second kappa shape index (κ2) is 5.11. The van der Waals surface area contributed by atoms with Crippen molar-refractivity contribution in [1.82, 2.24) is 4.98 Å². The van der Waals surface area contributed by atoms with Crippen LogP contribution in [0.1, 0.15) is 24.2 Å². The maximum absolute atomic E-state index is 11.1. The van der Waals surface area contributed by atoms with Crippen LogP contribution in [0.15, 0.2) is 35.1 Å². The van der Waals surface area contributed by atoms with Gasteiger partial charge in [0.15, 0.2) is 0 Å². The number of nitrogens with one attached hydrogen (secondary N) is 1. The Labute approximate surface area is 93.1 Å². The van der Waals surface area contributed by atoms with E-state index in [2.05, 4.69) is 4.98 Å². The summed E-state index contributed by atoms with van der Waals surface area (Å²) in [4.78, 5) is 24.8. The molecule has 0 atom stereocenters. The van der Waals surface area contributed by atoms with Crippen LogP contribution < -0.4 is 11.3 Å². The number of primary amides is 1. The molecular formula is C12H14N2O2. The van der Waals surface area contributed by atoms with Gasteiger partial charge in [0.1, 0.15) is 0 Å². The Hall–Kier alpha value is -2.10. The minimum atomic E-state index is -0.590. The zero-order valence-electron chi connectivity index (χ0n) is 9.28. The molecular weight excluding hydrogens is 204 g/mol. The summed E-state index contributed by atoms with van der Waals surface area (Å²) in [7, 11) is 0. The number of aromatic nitrogens is 1. The molecule has 2 rings (SSSR count). The lowest BCUT2D eigenvalue weighted by Crippen LogP contribution is -2.16. The van der Waals surface area contributed by atoms with Crippen molar-refractivity contribution in [3.63, 3.8) is 0 Å². The van der Waals surface area contributed by atoms with Gasteiger partial charge in [-0.3, -0.25) is 9.59 Å². The number of aromatic amines is 1. The quantitative estimate of drug-likeness (QED) is 0.763. The van der Waals surface area contributed by atoms with Crippen molar-refractivity contribution in [3.05, 3.63) is 46.2 Å². The molecule has 0 saturated carbocycles. The van der Waals surface area contributed by atoms with E-state index < -0.39 is 5.91 Å². The molecule has 0 radical (unpaired) electrons. The summed E-state index contributed by atoms with van der Waals surface area (Å²) in [6.45, 7) is 4.00. The van der Waals surface area contributed by atoms with Crippen molar-refractivity contribution >= 4 is 16.8 Å². The van der Waals surface area contributed by atoms with Gasteiger partial charge in [-0.1, -0.05) is 32.0 Å². The molecule has 0 fully saturated rings. The maximum Gasteiger partial charge on any atom is 0.249 e. The van der Waals surface area contributed by atoms with E-state index >= 15 is 0 Å². The fourth-order valence-corrected chi connectivity index (χ4v) is 1.41. The number of carbonyl (C=O) groups excluding carboxylic acids is 1. The van der Waals surface area contributed by atoms with Crippen LogP contribution in [-0.2, 0) is 0 Å². The number of amides is 1. The third-order valence-corrected chi connectivity index (χ3v) is 2.02. The normalized spacial score (nSPS) is 9.38. The van der Waals surface area contributed by atoms with Crippen LogP contribution in [0.4, 0.5) is 0 Å². The Morgan fingerprint density at radius 1 is 1.25 bits per heavy atom. The van der Waals surface area contributed by atoms with E-state index in [0.717, 1.165) is 0 Å². The Morgan fingerprint density at radius 3 is 2.50 bits per heavy atom. The van der Waals surface area contributed by atoms with Gasteiger partial charge in [-0.05, 0) is 6.07 Å². The first-order valence-corrected chi connectivity index (χ1v) is 5.10. The van der Waals surface area contributed by atoms with Gasteiger partial charge in [0.2, 0.25) is 11.5 Å². The monoisotopic (exact) mass is 218 g/mol. The van der Waals surface area contributed by atoms with Crippen LogP contribution >= 0.6 is 0 Å². The molecule has 0 aliphatic heterocycles. The number of benzene rings is 1. The van der Waals surface area contributed by atoms with Gasteiger partial charge in [0, 0.05) is 17.0 Å². The van der Waals surface area contributed by atoms with E-state index in [0.29, 0.717) is 10.9 Å². The molecule has 1 aromatic heterocycles. The second-order valence-corrected chi connectivity index (χ2v) is 2.96. The van der Waals surface area contributed by atoms with Gasteiger partial charge in [-0.25, -0.2) is 0 Å². The lowest BCUT2D eigenvalue weighted by molar-refractivity contribution is 0.100. The number of hydrogen-bond donors (Lipinski definition) is 2. The fourth-order valence-electron chi connectivity index (χ4n) is 1.41. The van der Waals surface area contributed by atoms with Crippen LogP contribution in [-0.4, -0.2) is 10.9 Å². The molecule has 0 saturated heterocycles. The predicted molar refractivity (Wildman–Crippen MR) is 64.4 cm³/mol. The van der Waals surface area contributed by atoms with E-state index in [9.17, 15) is 9.59 Å². The van der Waals surface area contributed by atoms with Crippen LogP contribution in [0.2, 0.25) is 0 Å². The minimum Gasteiger partial charge on any atom is -0.366 e. The number of rotatable bonds is 1. The maximum atomic E-state index is 11.1. The average Bonchev–Trinajstić information content (AvgIpc) is 2.30. The van der Waals surface area contributed by atoms with Crippen LogP contribution in [0.25, 0.3) is 10.9 Å².